The Bertz CT molecular complexity index is 520. The van der Waals surface area contributed by atoms with Gasteiger partial charge in [-0.1, -0.05) is 18.2 Å². The van der Waals surface area contributed by atoms with Gasteiger partial charge < -0.3 is 10.1 Å². The largest absolute Gasteiger partial charge is 0.382 e. The summed E-state index contributed by atoms with van der Waals surface area (Å²) < 4.78 is 18.5. The molecule has 1 aliphatic rings. The highest BCUT2D eigenvalue weighted by Crippen LogP contribution is 2.21. The van der Waals surface area contributed by atoms with Gasteiger partial charge in [0.15, 0.2) is 0 Å². The number of halogens is 1. The van der Waals surface area contributed by atoms with E-state index in [1.54, 1.807) is 25.1 Å². The van der Waals surface area contributed by atoms with Crippen LogP contribution in [0.25, 0.3) is 0 Å². The Kier molecular flexibility index (Phi) is 3.53. The van der Waals surface area contributed by atoms with Gasteiger partial charge in [0.05, 0.1) is 13.2 Å². The highest BCUT2D eigenvalue weighted by atomic mass is 19.1. The Morgan fingerprint density at radius 3 is 2.68 bits per heavy atom. The zero-order chi connectivity index (χ0) is 14.0. The molecule has 1 saturated heterocycles. The van der Waals surface area contributed by atoms with Gasteiger partial charge >= 0.3 is 6.03 Å². The summed E-state index contributed by atoms with van der Waals surface area (Å²) in [4.78, 5) is 25.0. The molecule has 1 atom stereocenters. The van der Waals surface area contributed by atoms with Gasteiger partial charge in [-0.3, -0.25) is 9.69 Å². The van der Waals surface area contributed by atoms with Crippen LogP contribution in [-0.4, -0.2) is 36.1 Å². The van der Waals surface area contributed by atoms with Crippen molar-refractivity contribution in [1.29, 1.82) is 0 Å². The Balaban J connectivity index is 2.20. The van der Waals surface area contributed by atoms with Crippen molar-refractivity contribution in [3.8, 4) is 0 Å². The van der Waals surface area contributed by atoms with Crippen molar-refractivity contribution in [2.75, 3.05) is 13.7 Å². The van der Waals surface area contributed by atoms with E-state index in [2.05, 4.69) is 5.32 Å². The monoisotopic (exact) mass is 266 g/mol. The van der Waals surface area contributed by atoms with Gasteiger partial charge in [-0.25, -0.2) is 9.18 Å². The minimum Gasteiger partial charge on any atom is -0.382 e. The molecule has 1 heterocycles. The number of methoxy groups -OCH3 is 1. The molecule has 3 amide bonds. The molecule has 2 rings (SSSR count). The third kappa shape index (κ3) is 2.44. The van der Waals surface area contributed by atoms with Crippen LogP contribution in [0.4, 0.5) is 9.18 Å². The minimum atomic E-state index is -1.09. The third-order valence-electron chi connectivity index (χ3n) is 3.06. The average molecular weight is 266 g/mol. The summed E-state index contributed by atoms with van der Waals surface area (Å²) in [5.74, 6) is -0.856. The van der Waals surface area contributed by atoms with E-state index >= 15 is 0 Å². The highest BCUT2D eigenvalue weighted by Gasteiger charge is 2.47. The first-order valence-electron chi connectivity index (χ1n) is 5.84. The molecule has 0 saturated carbocycles. The quantitative estimate of drug-likeness (QED) is 0.835. The lowest BCUT2D eigenvalue weighted by molar-refractivity contribution is -0.132. The molecule has 0 aromatic heterocycles. The van der Waals surface area contributed by atoms with Crippen LogP contribution in [0.2, 0.25) is 0 Å². The summed E-state index contributed by atoms with van der Waals surface area (Å²) >= 11 is 0. The second kappa shape index (κ2) is 4.97. The van der Waals surface area contributed by atoms with Gasteiger partial charge in [0, 0.05) is 12.7 Å². The molecule has 6 heteroatoms. The number of benzene rings is 1. The van der Waals surface area contributed by atoms with Crippen molar-refractivity contribution < 1.29 is 18.7 Å². The van der Waals surface area contributed by atoms with Gasteiger partial charge in [0.25, 0.3) is 5.91 Å². The Morgan fingerprint density at radius 2 is 2.05 bits per heavy atom. The molecule has 0 spiro atoms. The standard InChI is InChI=1S/C13H15FN2O3/c1-13(8-19-2)11(17)16(12(18)15-13)7-9-5-3-4-6-10(9)14/h3-6H,7-8H2,1-2H3,(H,15,18)/t13-/m0/s1. The second-order valence-electron chi connectivity index (χ2n) is 4.68. The fourth-order valence-electron chi connectivity index (χ4n) is 2.07. The van der Waals surface area contributed by atoms with Gasteiger partial charge in [0.1, 0.15) is 11.4 Å². The molecular formula is C13H15FN2O3. The maximum absolute atomic E-state index is 13.5. The molecule has 1 N–H and O–H groups in total. The predicted octanol–water partition coefficient (Wildman–Crippen LogP) is 1.28. The van der Waals surface area contributed by atoms with Crippen molar-refractivity contribution in [3.63, 3.8) is 0 Å². The van der Waals surface area contributed by atoms with Crippen LogP contribution in [-0.2, 0) is 16.1 Å². The molecule has 1 fully saturated rings. The van der Waals surface area contributed by atoms with Crippen LogP contribution >= 0.6 is 0 Å². The van der Waals surface area contributed by atoms with Gasteiger partial charge in [-0.2, -0.15) is 0 Å². The van der Waals surface area contributed by atoms with Crippen molar-refractivity contribution in [2.24, 2.45) is 0 Å². The number of carbonyl (C=O) groups is 2. The number of rotatable bonds is 4. The summed E-state index contributed by atoms with van der Waals surface area (Å²) in [5, 5.41) is 2.56. The molecule has 0 radical (unpaired) electrons. The zero-order valence-corrected chi connectivity index (χ0v) is 10.8. The first-order valence-corrected chi connectivity index (χ1v) is 5.84. The number of hydrogen-bond acceptors (Lipinski definition) is 3. The minimum absolute atomic E-state index is 0.0747. The molecule has 1 aromatic rings. The molecule has 102 valence electrons. The van der Waals surface area contributed by atoms with Crippen LogP contribution in [0.3, 0.4) is 0 Å². The molecule has 0 bridgehead atoms. The smallest absolute Gasteiger partial charge is 0.325 e. The molecular weight excluding hydrogens is 251 g/mol. The van der Waals surface area contributed by atoms with Gasteiger partial charge in [-0.05, 0) is 13.0 Å². The van der Waals surface area contributed by atoms with E-state index in [9.17, 15) is 14.0 Å². The zero-order valence-electron chi connectivity index (χ0n) is 10.8. The first-order chi connectivity index (χ1) is 8.98. The number of hydrogen-bond donors (Lipinski definition) is 1. The lowest BCUT2D eigenvalue weighted by atomic mass is 10.0. The van der Waals surface area contributed by atoms with Crippen LogP contribution in [0, 0.1) is 5.82 Å². The first kappa shape index (κ1) is 13.5. The highest BCUT2D eigenvalue weighted by molar-refractivity contribution is 6.06. The van der Waals surface area contributed by atoms with Crippen molar-refractivity contribution in [3.05, 3.63) is 35.6 Å². The number of nitrogens with one attached hydrogen (secondary N) is 1. The van der Waals surface area contributed by atoms with Gasteiger partial charge in [0.2, 0.25) is 0 Å². The Hall–Kier alpha value is -1.95. The van der Waals surface area contributed by atoms with Gasteiger partial charge in [-0.15, -0.1) is 0 Å². The van der Waals surface area contributed by atoms with Crippen molar-refractivity contribution >= 4 is 11.9 Å². The number of urea groups is 1. The Labute approximate surface area is 110 Å². The molecule has 1 aromatic carbocycles. The maximum atomic E-state index is 13.5. The van der Waals surface area contributed by atoms with Crippen LogP contribution in [0.1, 0.15) is 12.5 Å². The number of amides is 3. The van der Waals surface area contributed by atoms with Crippen LogP contribution in [0.5, 0.6) is 0 Å². The molecule has 0 unspecified atom stereocenters. The summed E-state index contributed by atoms with van der Waals surface area (Å²) in [7, 11) is 1.45. The lowest BCUT2D eigenvalue weighted by Crippen LogP contribution is -2.47. The fraction of sp³-hybridized carbons (Fsp3) is 0.385. The normalized spacial score (nSPS) is 22.8. The molecule has 1 aliphatic heterocycles. The summed E-state index contributed by atoms with van der Waals surface area (Å²) in [6, 6.07) is 5.52. The molecule has 19 heavy (non-hydrogen) atoms. The van der Waals surface area contributed by atoms with E-state index in [-0.39, 0.29) is 13.2 Å². The number of imide groups is 1. The number of nitrogens with zero attached hydrogens (tertiary/aromatic N) is 1. The Morgan fingerprint density at radius 1 is 1.37 bits per heavy atom. The lowest BCUT2D eigenvalue weighted by Gasteiger charge is -2.20. The maximum Gasteiger partial charge on any atom is 0.325 e. The second-order valence-corrected chi connectivity index (χ2v) is 4.68. The van der Waals surface area contributed by atoms with E-state index in [1.165, 1.54) is 13.2 Å². The summed E-state index contributed by atoms with van der Waals surface area (Å²) in [6.45, 7) is 1.57. The fourth-order valence-corrected chi connectivity index (χ4v) is 2.07. The van der Waals surface area contributed by atoms with Crippen LogP contribution < -0.4 is 5.32 Å². The molecule has 0 aliphatic carbocycles. The third-order valence-corrected chi connectivity index (χ3v) is 3.06. The van der Waals surface area contributed by atoms with E-state index in [0.717, 1.165) is 4.90 Å². The van der Waals surface area contributed by atoms with E-state index in [0.29, 0.717) is 5.56 Å². The van der Waals surface area contributed by atoms with E-state index in [1.807, 2.05) is 0 Å². The SMILES string of the molecule is COC[C@]1(C)NC(=O)N(Cc2ccccc2F)C1=O. The van der Waals surface area contributed by atoms with Crippen molar-refractivity contribution in [2.45, 2.75) is 19.0 Å². The predicted molar refractivity (Wildman–Crippen MR) is 65.8 cm³/mol. The summed E-state index contributed by atoms with van der Waals surface area (Å²) in [6.07, 6.45) is 0. The van der Waals surface area contributed by atoms with E-state index < -0.39 is 23.3 Å². The topological polar surface area (TPSA) is 58.6 Å². The summed E-state index contributed by atoms with van der Waals surface area (Å²) in [5.41, 5.74) is -0.787. The number of ether oxygens (including phenoxy) is 1. The molecule has 5 nitrogen and oxygen atoms in total. The van der Waals surface area contributed by atoms with Crippen LogP contribution in [0.15, 0.2) is 24.3 Å². The van der Waals surface area contributed by atoms with E-state index in [4.69, 9.17) is 4.74 Å². The number of carbonyl (C=O) groups excluding carboxylic acids is 2. The average Bonchev–Trinajstić information content (AvgIpc) is 2.56. The van der Waals surface area contributed by atoms with Crippen molar-refractivity contribution in [1.82, 2.24) is 10.2 Å².